The molecule has 0 saturated heterocycles. The fourth-order valence-electron chi connectivity index (χ4n) is 3.94. The zero-order valence-electron chi connectivity index (χ0n) is 17.7. The number of hydrogen-bond donors (Lipinski definition) is 3. The van der Waals surface area contributed by atoms with Gasteiger partial charge in [-0.3, -0.25) is 4.98 Å². The van der Waals surface area contributed by atoms with Crippen LogP contribution in [0, 0.1) is 5.92 Å². The fraction of sp³-hybridized carbons (Fsp3) is 0.435. The van der Waals surface area contributed by atoms with Gasteiger partial charge in [0.25, 0.3) is 0 Å². The van der Waals surface area contributed by atoms with E-state index in [1.165, 1.54) is 0 Å². The van der Waals surface area contributed by atoms with E-state index in [1.807, 2.05) is 32.0 Å². The number of nitrogens with zero attached hydrogens (tertiary/aromatic N) is 1. The Labute approximate surface area is 182 Å². The van der Waals surface area contributed by atoms with Crippen LogP contribution in [0.4, 0.5) is 0 Å². The van der Waals surface area contributed by atoms with Crippen LogP contribution in [-0.4, -0.2) is 52.4 Å². The second-order valence-electron chi connectivity index (χ2n) is 8.01. The van der Waals surface area contributed by atoms with Crippen molar-refractivity contribution < 1.29 is 28.2 Å². The van der Waals surface area contributed by atoms with Crippen LogP contribution in [0.3, 0.4) is 0 Å². The third-order valence-corrected chi connectivity index (χ3v) is 7.55. The predicted molar refractivity (Wildman–Crippen MR) is 119 cm³/mol. The van der Waals surface area contributed by atoms with Crippen molar-refractivity contribution in [3.05, 3.63) is 64.9 Å². The predicted octanol–water partition coefficient (Wildman–Crippen LogP) is 2.59. The van der Waals surface area contributed by atoms with E-state index in [0.717, 1.165) is 5.57 Å². The first-order valence-corrected chi connectivity index (χ1v) is 12.0. The second-order valence-corrected chi connectivity index (χ2v) is 10.2. The summed E-state index contributed by atoms with van der Waals surface area (Å²) in [7, 11) is -3.51. The van der Waals surface area contributed by atoms with Crippen molar-refractivity contribution in [3.63, 3.8) is 0 Å². The van der Waals surface area contributed by atoms with E-state index in [4.69, 9.17) is 4.42 Å². The molecule has 0 fully saturated rings. The number of allylic oxidation sites excluding steroid dienone is 1. The highest BCUT2D eigenvalue weighted by Gasteiger charge is 2.41. The zero-order valence-corrected chi connectivity index (χ0v) is 18.5. The maximum absolute atomic E-state index is 12.5. The first-order valence-electron chi connectivity index (χ1n) is 10.3. The van der Waals surface area contributed by atoms with Gasteiger partial charge >= 0.3 is 0 Å². The Bertz CT molecular complexity index is 1050. The summed E-state index contributed by atoms with van der Waals surface area (Å²) >= 11 is 0. The Morgan fingerprint density at radius 1 is 1.26 bits per heavy atom. The average molecular weight is 448 g/mol. The van der Waals surface area contributed by atoms with Gasteiger partial charge in [-0.05, 0) is 65.8 Å². The molecule has 0 spiro atoms. The van der Waals surface area contributed by atoms with Crippen LogP contribution in [0.25, 0.3) is 11.6 Å². The third kappa shape index (κ3) is 5.33. The van der Waals surface area contributed by atoms with Crippen molar-refractivity contribution >= 4 is 21.5 Å². The van der Waals surface area contributed by atoms with E-state index < -0.39 is 27.8 Å². The molecule has 0 saturated carbocycles. The second kappa shape index (κ2) is 9.91. The summed E-state index contributed by atoms with van der Waals surface area (Å²) in [6, 6.07) is 8.95. The molecular weight excluding hydrogens is 418 g/mol. The summed E-state index contributed by atoms with van der Waals surface area (Å²) in [6.45, 7) is 3.05. The molecule has 2 aromatic rings. The lowest BCUT2D eigenvalue weighted by molar-refractivity contribution is 0.189. The van der Waals surface area contributed by atoms with Gasteiger partial charge in [0.05, 0.1) is 24.2 Å². The lowest BCUT2D eigenvalue weighted by Crippen LogP contribution is -2.29. The van der Waals surface area contributed by atoms with E-state index >= 15 is 0 Å². The molecule has 31 heavy (non-hydrogen) atoms. The van der Waals surface area contributed by atoms with Crippen molar-refractivity contribution in [1.82, 2.24) is 4.98 Å². The summed E-state index contributed by atoms with van der Waals surface area (Å²) in [4.78, 5) is 4.39. The number of furan rings is 1. The Morgan fingerprint density at radius 2 is 2.03 bits per heavy atom. The lowest BCUT2D eigenvalue weighted by Gasteiger charge is -2.20. The molecule has 0 radical (unpaired) electrons. The highest BCUT2D eigenvalue weighted by molar-refractivity contribution is 7.92. The molecule has 3 rings (SSSR count). The van der Waals surface area contributed by atoms with E-state index in [-0.39, 0.29) is 24.7 Å². The highest BCUT2D eigenvalue weighted by atomic mass is 32.2. The van der Waals surface area contributed by atoms with Crippen LogP contribution in [-0.2, 0) is 16.4 Å². The van der Waals surface area contributed by atoms with E-state index in [2.05, 4.69) is 4.98 Å². The van der Waals surface area contributed by atoms with Gasteiger partial charge in [0, 0.05) is 6.20 Å². The van der Waals surface area contributed by atoms with Crippen molar-refractivity contribution in [2.45, 2.75) is 44.6 Å². The lowest BCUT2D eigenvalue weighted by atomic mass is 9.90. The molecule has 1 aliphatic rings. The topological polar surface area (TPSA) is 121 Å². The molecule has 3 heterocycles. The number of rotatable bonds is 9. The summed E-state index contributed by atoms with van der Waals surface area (Å²) in [5.41, 5.74) is 2.64. The van der Waals surface area contributed by atoms with Crippen molar-refractivity contribution in [2.75, 3.05) is 12.4 Å². The molecule has 2 aromatic heterocycles. The molecule has 168 valence electrons. The van der Waals surface area contributed by atoms with Crippen LogP contribution in [0.15, 0.2) is 52.1 Å². The van der Waals surface area contributed by atoms with Gasteiger partial charge in [0.1, 0.15) is 23.4 Å². The summed E-state index contributed by atoms with van der Waals surface area (Å²) in [5, 5.41) is 28.9. The standard InChI is InChI=1S/C23H29NO6S/c1-15(2)19-14-31(28,29)22(13-26)23(19)21(27)9-6-16(20-5-3-4-10-24-20)11-17-7-8-18(12-25)30-17/h3-5,7-8,10-11,15,21-22,25-27H,6,9,12-14H2,1-2H3/b16-11-/t21-,22+/m1/s1. The quantitative estimate of drug-likeness (QED) is 0.505. The number of sulfone groups is 1. The van der Waals surface area contributed by atoms with Gasteiger partial charge in [0.15, 0.2) is 9.84 Å². The zero-order chi connectivity index (χ0) is 22.6. The Balaban J connectivity index is 1.88. The summed E-state index contributed by atoms with van der Waals surface area (Å²) in [5.74, 6) is 0.835. The Kier molecular flexibility index (Phi) is 7.48. The molecule has 7 nitrogen and oxygen atoms in total. The van der Waals surface area contributed by atoms with E-state index in [1.54, 1.807) is 24.4 Å². The van der Waals surface area contributed by atoms with Crippen LogP contribution in [0.5, 0.6) is 0 Å². The van der Waals surface area contributed by atoms with Crippen molar-refractivity contribution in [3.8, 4) is 0 Å². The van der Waals surface area contributed by atoms with Gasteiger partial charge in [-0.2, -0.15) is 0 Å². The highest BCUT2D eigenvalue weighted by Crippen LogP contribution is 2.36. The molecule has 0 aromatic carbocycles. The molecule has 0 bridgehead atoms. The Morgan fingerprint density at radius 3 is 2.61 bits per heavy atom. The van der Waals surface area contributed by atoms with Crippen molar-refractivity contribution in [1.29, 1.82) is 0 Å². The average Bonchev–Trinajstić information content (AvgIpc) is 3.32. The Hall–Kier alpha value is -2.26. The van der Waals surface area contributed by atoms with Gasteiger partial charge < -0.3 is 19.7 Å². The van der Waals surface area contributed by atoms with Crippen LogP contribution in [0.2, 0.25) is 0 Å². The molecule has 0 aliphatic carbocycles. The maximum Gasteiger partial charge on any atom is 0.163 e. The number of aromatic nitrogens is 1. The molecule has 0 unspecified atom stereocenters. The third-order valence-electron chi connectivity index (χ3n) is 5.57. The smallest absolute Gasteiger partial charge is 0.163 e. The molecule has 8 heteroatoms. The molecule has 3 N–H and O–H groups in total. The normalized spacial score (nSPS) is 19.9. The number of aliphatic hydroxyl groups excluding tert-OH is 3. The first kappa shape index (κ1) is 23.4. The first-order chi connectivity index (χ1) is 14.8. The number of hydrogen-bond acceptors (Lipinski definition) is 7. The van der Waals surface area contributed by atoms with E-state index in [0.29, 0.717) is 34.8 Å². The van der Waals surface area contributed by atoms with Gasteiger partial charge in [0.2, 0.25) is 0 Å². The minimum Gasteiger partial charge on any atom is -0.459 e. The molecule has 0 amide bonds. The molecular formula is C23H29NO6S. The van der Waals surface area contributed by atoms with Crippen LogP contribution < -0.4 is 0 Å². The number of aliphatic hydroxyl groups is 3. The van der Waals surface area contributed by atoms with Crippen LogP contribution >= 0.6 is 0 Å². The SMILES string of the molecule is CC(C)C1=C([C@H](O)CC/C(=C/c2ccc(CO)o2)c2ccccn2)[C@H](CO)S(=O)(=O)C1. The van der Waals surface area contributed by atoms with Crippen molar-refractivity contribution in [2.24, 2.45) is 5.92 Å². The summed E-state index contributed by atoms with van der Waals surface area (Å²) in [6.07, 6.45) is 3.17. The fourth-order valence-corrected chi connectivity index (χ4v) is 6.00. The number of pyridine rings is 1. The molecule has 1 aliphatic heterocycles. The van der Waals surface area contributed by atoms with Gasteiger partial charge in [-0.15, -0.1) is 0 Å². The summed E-state index contributed by atoms with van der Waals surface area (Å²) < 4.78 is 30.5. The van der Waals surface area contributed by atoms with Gasteiger partial charge in [-0.1, -0.05) is 19.9 Å². The van der Waals surface area contributed by atoms with Crippen LogP contribution in [0.1, 0.15) is 43.9 Å². The minimum absolute atomic E-state index is 0.0400. The monoisotopic (exact) mass is 447 g/mol. The molecule has 2 atom stereocenters. The largest absolute Gasteiger partial charge is 0.459 e. The van der Waals surface area contributed by atoms with E-state index in [9.17, 15) is 23.7 Å². The van der Waals surface area contributed by atoms with Gasteiger partial charge in [-0.25, -0.2) is 8.42 Å². The maximum atomic E-state index is 12.5. The minimum atomic E-state index is -3.51.